The van der Waals surface area contributed by atoms with Gasteiger partial charge < -0.3 is 30.3 Å². The normalized spacial score (nSPS) is 31.5. The van der Waals surface area contributed by atoms with Gasteiger partial charge in [0.2, 0.25) is 0 Å². The van der Waals surface area contributed by atoms with Gasteiger partial charge >= 0.3 is 0 Å². The molecule has 194 valence electrons. The predicted molar refractivity (Wildman–Crippen MR) is 139 cm³/mol. The molecule has 0 unspecified atom stereocenters. The Bertz CT molecular complexity index is 1330. The van der Waals surface area contributed by atoms with Crippen LogP contribution in [0.15, 0.2) is 47.7 Å². The minimum absolute atomic E-state index is 0.00326. The van der Waals surface area contributed by atoms with Crippen LogP contribution in [-0.4, -0.2) is 71.1 Å². The van der Waals surface area contributed by atoms with Crippen LogP contribution in [0.3, 0.4) is 0 Å². The van der Waals surface area contributed by atoms with Gasteiger partial charge in [-0.15, -0.1) is 0 Å². The number of aliphatic hydroxyl groups is 2. The van der Waals surface area contributed by atoms with Crippen molar-refractivity contribution in [3.05, 3.63) is 58.9 Å². The third-order valence-corrected chi connectivity index (χ3v) is 9.43. The number of phenolic OH excluding ortho intramolecular Hbond substituents is 1. The van der Waals surface area contributed by atoms with Crippen molar-refractivity contribution in [2.24, 2.45) is 5.92 Å². The van der Waals surface area contributed by atoms with E-state index in [-0.39, 0.29) is 29.5 Å². The van der Waals surface area contributed by atoms with Crippen molar-refractivity contribution in [2.75, 3.05) is 37.4 Å². The van der Waals surface area contributed by atoms with Crippen molar-refractivity contribution in [3.63, 3.8) is 0 Å². The molecule has 0 radical (unpaired) electrons. The lowest BCUT2D eigenvalue weighted by molar-refractivity contribution is -0.172. The van der Waals surface area contributed by atoms with Crippen LogP contribution in [0.4, 0.5) is 11.4 Å². The molecule has 4 atom stereocenters. The first-order chi connectivity index (χ1) is 17.7. The van der Waals surface area contributed by atoms with Crippen LogP contribution in [-0.2, 0) is 16.6 Å². The molecule has 2 heterocycles. The number of benzene rings is 2. The fraction of sp³-hybridized carbons (Fsp3) is 0.483. The topological polar surface area (TPSA) is 106 Å². The molecule has 8 nitrogen and oxygen atoms in total. The Labute approximate surface area is 216 Å². The molecule has 2 bridgehead atoms. The van der Waals surface area contributed by atoms with Gasteiger partial charge in [-0.25, -0.2) is 0 Å². The number of hydrogen-bond donors (Lipinski definition) is 4. The summed E-state index contributed by atoms with van der Waals surface area (Å²) < 4.78 is 6.27. The monoisotopic (exact) mass is 503 g/mol. The number of carbonyl (C=O) groups excluding carboxylic acids is 1. The van der Waals surface area contributed by atoms with Crippen LogP contribution >= 0.6 is 0 Å². The van der Waals surface area contributed by atoms with Crippen LogP contribution < -0.4 is 15.0 Å². The molecule has 1 amide bonds. The first-order valence-electron chi connectivity index (χ1n) is 13.2. The number of nitrogens with one attached hydrogen (secondary N) is 1. The Balaban J connectivity index is 1.31. The second kappa shape index (κ2) is 7.65. The Kier molecular flexibility index (Phi) is 4.74. The van der Waals surface area contributed by atoms with Crippen molar-refractivity contribution >= 4 is 17.3 Å². The molecule has 7 rings (SSSR count). The molecule has 5 aliphatic rings. The van der Waals surface area contributed by atoms with E-state index in [1.54, 1.807) is 6.07 Å². The van der Waals surface area contributed by atoms with E-state index in [1.165, 1.54) is 12.8 Å². The van der Waals surface area contributed by atoms with Gasteiger partial charge in [0.05, 0.1) is 16.6 Å². The van der Waals surface area contributed by atoms with E-state index in [4.69, 9.17) is 4.74 Å². The molecule has 3 aliphatic carbocycles. The molecule has 2 fully saturated rings. The number of nitrogens with zero attached hydrogens (tertiary/aromatic N) is 2. The largest absolute Gasteiger partial charge is 0.508 e. The summed E-state index contributed by atoms with van der Waals surface area (Å²) in [6.45, 7) is 1.72. The molecule has 2 aromatic rings. The van der Waals surface area contributed by atoms with Crippen LogP contribution in [0, 0.1) is 5.92 Å². The van der Waals surface area contributed by atoms with Gasteiger partial charge in [-0.05, 0) is 74.0 Å². The quantitative estimate of drug-likeness (QED) is 0.497. The highest BCUT2D eigenvalue weighted by molar-refractivity contribution is 6.04. The maximum Gasteiger partial charge on any atom is 0.255 e. The standard InChI is InChI=1S/C29H33N3O5/c1-31(2)19-8-6-18(7-9-19)30-27(35)20-14-29(36)22-13-17-5-10-21(33)25-23(17)28(29,26(37-25)24(20)34)11-12-32(22)15-16-3-4-16/h5-10,16,22,26,33-34,36H,3-4,11-15H2,1-2H3,(H,30,35)/t22-,26+,28+,29-/m1/s1. The summed E-state index contributed by atoms with van der Waals surface area (Å²) in [4.78, 5) is 17.9. The van der Waals surface area contributed by atoms with E-state index in [0.717, 1.165) is 29.9 Å². The molecule has 1 saturated carbocycles. The number of aromatic hydroxyl groups is 1. The Hall–Kier alpha value is -3.23. The molecule has 37 heavy (non-hydrogen) atoms. The Morgan fingerprint density at radius 3 is 2.62 bits per heavy atom. The number of piperidine rings is 1. The van der Waals surface area contributed by atoms with E-state index in [9.17, 15) is 20.1 Å². The van der Waals surface area contributed by atoms with Gasteiger partial charge in [-0.3, -0.25) is 9.69 Å². The zero-order valence-electron chi connectivity index (χ0n) is 21.2. The van der Waals surface area contributed by atoms with Gasteiger partial charge in [-0.2, -0.15) is 0 Å². The number of ether oxygens (including phenoxy) is 1. The average Bonchev–Trinajstić information content (AvgIpc) is 3.61. The summed E-state index contributed by atoms with van der Waals surface area (Å²) >= 11 is 0. The van der Waals surface area contributed by atoms with Crippen molar-refractivity contribution in [3.8, 4) is 11.5 Å². The van der Waals surface area contributed by atoms with Crippen LogP contribution in [0.25, 0.3) is 0 Å². The molecule has 8 heteroatoms. The average molecular weight is 504 g/mol. The zero-order chi connectivity index (χ0) is 25.7. The zero-order valence-corrected chi connectivity index (χ0v) is 21.2. The summed E-state index contributed by atoms with van der Waals surface area (Å²) in [5.41, 5.74) is 1.41. The van der Waals surface area contributed by atoms with Gasteiger partial charge in [0.25, 0.3) is 5.91 Å². The first-order valence-corrected chi connectivity index (χ1v) is 13.2. The molecule has 2 aliphatic heterocycles. The maximum absolute atomic E-state index is 13.6. The summed E-state index contributed by atoms with van der Waals surface area (Å²) in [5, 5.41) is 37.8. The number of phenols is 1. The lowest BCUT2D eigenvalue weighted by Crippen LogP contribution is -2.75. The second-order valence-corrected chi connectivity index (χ2v) is 11.7. The number of anilines is 2. The lowest BCUT2D eigenvalue weighted by Gasteiger charge is -2.62. The summed E-state index contributed by atoms with van der Waals surface area (Å²) in [5.74, 6) is 0.404. The van der Waals surface area contributed by atoms with E-state index < -0.39 is 23.0 Å². The van der Waals surface area contributed by atoms with E-state index >= 15 is 0 Å². The van der Waals surface area contributed by atoms with E-state index in [2.05, 4.69) is 10.2 Å². The number of likely N-dealkylation sites (tertiary alicyclic amines) is 1. The van der Waals surface area contributed by atoms with Crippen molar-refractivity contribution in [2.45, 2.75) is 55.3 Å². The first kappa shape index (κ1) is 22.9. The maximum atomic E-state index is 13.6. The highest BCUT2D eigenvalue weighted by Crippen LogP contribution is 2.66. The highest BCUT2D eigenvalue weighted by atomic mass is 16.5. The third-order valence-electron chi connectivity index (χ3n) is 9.43. The van der Waals surface area contributed by atoms with Crippen LogP contribution in [0.5, 0.6) is 11.5 Å². The van der Waals surface area contributed by atoms with Crippen molar-refractivity contribution in [1.82, 2.24) is 4.90 Å². The molecular weight excluding hydrogens is 470 g/mol. The van der Waals surface area contributed by atoms with Gasteiger partial charge in [-0.1, -0.05) is 6.07 Å². The van der Waals surface area contributed by atoms with E-state index in [0.29, 0.717) is 30.2 Å². The molecule has 2 aromatic carbocycles. The minimum atomic E-state index is -1.31. The lowest BCUT2D eigenvalue weighted by atomic mass is 9.49. The number of carbonyl (C=O) groups is 1. The fourth-order valence-electron chi connectivity index (χ4n) is 7.42. The fourth-order valence-corrected chi connectivity index (χ4v) is 7.42. The number of aliphatic hydroxyl groups excluding tert-OH is 1. The van der Waals surface area contributed by atoms with Crippen LogP contribution in [0.2, 0.25) is 0 Å². The Morgan fingerprint density at radius 1 is 1.16 bits per heavy atom. The summed E-state index contributed by atoms with van der Waals surface area (Å²) in [6.07, 6.45) is 2.75. The SMILES string of the molecule is CN(C)c1ccc(NC(=O)C2=C(O)[C@@H]3Oc4c(O)ccc5c4[C@@]34CCN(CC3CC3)[C@H](C5)[C@]4(O)C2)cc1. The minimum Gasteiger partial charge on any atom is -0.508 e. The smallest absolute Gasteiger partial charge is 0.255 e. The van der Waals surface area contributed by atoms with Gasteiger partial charge in [0, 0.05) is 50.0 Å². The van der Waals surface area contributed by atoms with Gasteiger partial charge in [0.1, 0.15) is 5.76 Å². The molecular formula is C29H33N3O5. The third kappa shape index (κ3) is 3.06. The number of hydrogen-bond acceptors (Lipinski definition) is 7. The molecule has 1 saturated heterocycles. The van der Waals surface area contributed by atoms with Crippen molar-refractivity contribution in [1.29, 1.82) is 0 Å². The van der Waals surface area contributed by atoms with Crippen molar-refractivity contribution < 1.29 is 24.9 Å². The Morgan fingerprint density at radius 2 is 1.92 bits per heavy atom. The van der Waals surface area contributed by atoms with Crippen LogP contribution in [0.1, 0.15) is 36.8 Å². The van der Waals surface area contributed by atoms with E-state index in [1.807, 2.05) is 49.3 Å². The second-order valence-electron chi connectivity index (χ2n) is 11.7. The highest BCUT2D eigenvalue weighted by Gasteiger charge is 2.73. The molecule has 0 aromatic heterocycles. The molecule has 4 N–H and O–H groups in total. The molecule has 1 spiro atoms. The summed E-state index contributed by atoms with van der Waals surface area (Å²) in [6, 6.07) is 10.8. The summed E-state index contributed by atoms with van der Waals surface area (Å²) in [7, 11) is 3.90. The number of rotatable bonds is 5. The van der Waals surface area contributed by atoms with Gasteiger partial charge in [0.15, 0.2) is 17.6 Å². The predicted octanol–water partition coefficient (Wildman–Crippen LogP) is 3.08. The number of amides is 1.